The van der Waals surface area contributed by atoms with Crippen LogP contribution in [0.25, 0.3) is 0 Å². The number of nitrogens with one attached hydrogen (secondary N) is 3. The van der Waals surface area contributed by atoms with Crippen LogP contribution in [0.15, 0.2) is 0 Å². The van der Waals surface area contributed by atoms with Crippen LogP contribution in [0.5, 0.6) is 0 Å². The number of carbonyl (C=O) groups excluding carboxylic acids is 2. The van der Waals surface area contributed by atoms with Crippen molar-refractivity contribution in [1.82, 2.24) is 16.0 Å². The Labute approximate surface area is 100.0 Å². The molecule has 1 atom stereocenters. The largest absolute Gasteiger partial charge is 0.480 e. The molecule has 0 fully saturated rings. The lowest BCUT2D eigenvalue weighted by atomic mass is 9.87. The SMILES string of the molecule is CNC(=O)CNC(=O)N[C@H](C(=O)O)C(C)(C)C. The van der Waals surface area contributed by atoms with Gasteiger partial charge in [0.2, 0.25) is 5.91 Å². The molecule has 0 aromatic carbocycles. The molecule has 3 amide bonds. The highest BCUT2D eigenvalue weighted by molar-refractivity contribution is 5.86. The van der Waals surface area contributed by atoms with Gasteiger partial charge in [-0.15, -0.1) is 0 Å². The lowest BCUT2D eigenvalue weighted by Crippen LogP contribution is -2.53. The van der Waals surface area contributed by atoms with Gasteiger partial charge in [0.25, 0.3) is 0 Å². The first-order valence-corrected chi connectivity index (χ1v) is 5.16. The first-order valence-electron chi connectivity index (χ1n) is 5.16. The van der Waals surface area contributed by atoms with Crippen LogP contribution in [0, 0.1) is 5.41 Å². The number of carboxylic acid groups (broad SMARTS) is 1. The van der Waals surface area contributed by atoms with Gasteiger partial charge in [-0.2, -0.15) is 0 Å². The van der Waals surface area contributed by atoms with Crippen molar-refractivity contribution >= 4 is 17.9 Å². The van der Waals surface area contributed by atoms with E-state index >= 15 is 0 Å². The Balaban J connectivity index is 4.34. The third-order valence-corrected chi connectivity index (χ3v) is 2.08. The van der Waals surface area contributed by atoms with Crippen molar-refractivity contribution < 1.29 is 19.5 Å². The quantitative estimate of drug-likeness (QED) is 0.537. The summed E-state index contributed by atoms with van der Waals surface area (Å²) in [5.74, 6) is -1.48. The van der Waals surface area contributed by atoms with Crippen molar-refractivity contribution in [1.29, 1.82) is 0 Å². The van der Waals surface area contributed by atoms with Crippen LogP contribution < -0.4 is 16.0 Å². The van der Waals surface area contributed by atoms with Crippen molar-refractivity contribution in [3.05, 3.63) is 0 Å². The second-order valence-electron chi connectivity index (χ2n) is 4.64. The van der Waals surface area contributed by atoms with E-state index < -0.39 is 23.5 Å². The van der Waals surface area contributed by atoms with Crippen molar-refractivity contribution in [3.63, 3.8) is 0 Å². The Bertz CT molecular complexity index is 309. The smallest absolute Gasteiger partial charge is 0.326 e. The highest BCUT2D eigenvalue weighted by Crippen LogP contribution is 2.19. The van der Waals surface area contributed by atoms with Gasteiger partial charge in [0.15, 0.2) is 0 Å². The second-order valence-corrected chi connectivity index (χ2v) is 4.64. The van der Waals surface area contributed by atoms with Gasteiger partial charge in [-0.25, -0.2) is 9.59 Å². The summed E-state index contributed by atoms with van der Waals surface area (Å²) in [6, 6.07) is -1.71. The molecular formula is C10H19N3O4. The molecule has 4 N–H and O–H groups in total. The molecule has 0 unspecified atom stereocenters. The molecule has 0 aliphatic rings. The molecule has 7 nitrogen and oxygen atoms in total. The van der Waals surface area contributed by atoms with Gasteiger partial charge in [0.05, 0.1) is 6.54 Å². The first-order chi connectivity index (χ1) is 7.68. The molecule has 0 saturated carbocycles. The zero-order valence-electron chi connectivity index (χ0n) is 10.5. The summed E-state index contributed by atoms with van der Waals surface area (Å²) in [4.78, 5) is 33.2. The Morgan fingerprint density at radius 2 is 1.76 bits per heavy atom. The maximum atomic E-state index is 11.4. The highest BCUT2D eigenvalue weighted by atomic mass is 16.4. The van der Waals surface area contributed by atoms with Gasteiger partial charge >= 0.3 is 12.0 Å². The molecular weight excluding hydrogens is 226 g/mol. The van der Waals surface area contributed by atoms with Gasteiger partial charge in [0.1, 0.15) is 6.04 Å². The second kappa shape index (κ2) is 6.07. The summed E-state index contributed by atoms with van der Waals surface area (Å²) in [7, 11) is 1.44. The number of carbonyl (C=O) groups is 3. The Hall–Kier alpha value is -1.79. The monoisotopic (exact) mass is 245 g/mol. The lowest BCUT2D eigenvalue weighted by Gasteiger charge is -2.27. The fourth-order valence-corrected chi connectivity index (χ4v) is 1.08. The minimum Gasteiger partial charge on any atom is -0.480 e. The highest BCUT2D eigenvalue weighted by Gasteiger charge is 2.32. The van der Waals surface area contributed by atoms with E-state index in [2.05, 4.69) is 16.0 Å². The number of aliphatic carboxylic acids is 1. The Morgan fingerprint density at radius 3 is 2.12 bits per heavy atom. The Morgan fingerprint density at radius 1 is 1.24 bits per heavy atom. The molecule has 0 heterocycles. The molecule has 0 aliphatic heterocycles. The maximum absolute atomic E-state index is 11.4. The molecule has 0 radical (unpaired) electrons. The van der Waals surface area contributed by atoms with Gasteiger partial charge < -0.3 is 21.1 Å². The van der Waals surface area contributed by atoms with Crippen LogP contribution in [-0.2, 0) is 9.59 Å². The summed E-state index contributed by atoms with van der Waals surface area (Å²) in [5.41, 5.74) is -0.615. The van der Waals surface area contributed by atoms with Gasteiger partial charge in [-0.3, -0.25) is 4.79 Å². The van der Waals surface area contributed by atoms with Gasteiger partial charge in [-0.1, -0.05) is 20.8 Å². The van der Waals surface area contributed by atoms with Crippen molar-refractivity contribution in [2.75, 3.05) is 13.6 Å². The standard InChI is InChI=1S/C10H19N3O4/c1-10(2,3)7(8(15)16)13-9(17)12-5-6(14)11-4/h7H,5H2,1-4H3,(H,11,14)(H,15,16)(H2,12,13,17)/t7-/m1/s1. The van der Waals surface area contributed by atoms with Crippen LogP contribution in [0.4, 0.5) is 4.79 Å². The number of carboxylic acids is 1. The van der Waals surface area contributed by atoms with Crippen LogP contribution in [0.3, 0.4) is 0 Å². The number of hydrogen-bond acceptors (Lipinski definition) is 3. The van der Waals surface area contributed by atoms with E-state index in [0.29, 0.717) is 0 Å². The third-order valence-electron chi connectivity index (χ3n) is 2.08. The Kier molecular flexibility index (Phi) is 5.43. The summed E-state index contributed by atoms with van der Waals surface area (Å²) < 4.78 is 0. The van der Waals surface area contributed by atoms with Gasteiger partial charge in [-0.05, 0) is 5.41 Å². The van der Waals surface area contributed by atoms with Crippen molar-refractivity contribution in [2.24, 2.45) is 5.41 Å². The average molecular weight is 245 g/mol. The van der Waals surface area contributed by atoms with Gasteiger partial charge in [0, 0.05) is 7.05 Å². The lowest BCUT2D eigenvalue weighted by molar-refractivity contribution is -0.141. The molecule has 0 aromatic heterocycles. The van der Waals surface area contributed by atoms with Crippen LogP contribution in [-0.4, -0.2) is 42.6 Å². The molecule has 0 aliphatic carbocycles. The minimum absolute atomic E-state index is 0.196. The average Bonchev–Trinajstić information content (AvgIpc) is 2.20. The number of rotatable bonds is 4. The van der Waals surface area contributed by atoms with E-state index in [1.54, 1.807) is 20.8 Å². The van der Waals surface area contributed by atoms with E-state index in [1.807, 2.05) is 0 Å². The van der Waals surface area contributed by atoms with Crippen molar-refractivity contribution in [3.8, 4) is 0 Å². The summed E-state index contributed by atoms with van der Waals surface area (Å²) in [6.07, 6.45) is 0. The molecule has 17 heavy (non-hydrogen) atoms. The molecule has 98 valence electrons. The fraction of sp³-hybridized carbons (Fsp3) is 0.700. The summed E-state index contributed by atoms with van der Waals surface area (Å²) in [6.45, 7) is 4.90. The number of urea groups is 1. The summed E-state index contributed by atoms with van der Waals surface area (Å²) >= 11 is 0. The minimum atomic E-state index is -1.12. The van der Waals surface area contributed by atoms with E-state index in [-0.39, 0.29) is 12.5 Å². The van der Waals surface area contributed by atoms with Crippen LogP contribution in [0.1, 0.15) is 20.8 Å². The van der Waals surface area contributed by atoms with E-state index in [0.717, 1.165) is 0 Å². The number of likely N-dealkylation sites (N-methyl/N-ethyl adjacent to an activating group) is 1. The van der Waals surface area contributed by atoms with E-state index in [1.165, 1.54) is 7.05 Å². The third kappa shape index (κ3) is 5.74. The molecule has 7 heteroatoms. The van der Waals surface area contributed by atoms with E-state index in [4.69, 9.17) is 5.11 Å². The zero-order chi connectivity index (χ0) is 13.6. The maximum Gasteiger partial charge on any atom is 0.326 e. The molecule has 0 bridgehead atoms. The van der Waals surface area contributed by atoms with Crippen LogP contribution in [0.2, 0.25) is 0 Å². The normalized spacial score (nSPS) is 12.5. The first kappa shape index (κ1) is 15.2. The summed E-state index contributed by atoms with van der Waals surface area (Å²) in [5, 5.41) is 15.9. The van der Waals surface area contributed by atoms with E-state index in [9.17, 15) is 14.4 Å². The molecule has 0 spiro atoms. The fourth-order valence-electron chi connectivity index (χ4n) is 1.08. The zero-order valence-corrected chi connectivity index (χ0v) is 10.5. The molecule has 0 rings (SSSR count). The predicted octanol–water partition coefficient (Wildman–Crippen LogP) is -0.469. The van der Waals surface area contributed by atoms with Crippen molar-refractivity contribution in [2.45, 2.75) is 26.8 Å². The molecule has 0 saturated heterocycles. The predicted molar refractivity (Wildman–Crippen MR) is 61.5 cm³/mol. The molecule has 0 aromatic rings. The number of hydrogen-bond donors (Lipinski definition) is 4. The topological polar surface area (TPSA) is 108 Å². The number of amides is 3. The van der Waals surface area contributed by atoms with Crippen LogP contribution >= 0.6 is 0 Å².